The van der Waals surface area contributed by atoms with Crippen LogP contribution < -0.4 is 0 Å². The molecule has 1 atom stereocenters. The number of hydrogen-bond acceptors (Lipinski definition) is 2. The minimum absolute atomic E-state index is 0.0717. The Morgan fingerprint density at radius 2 is 2.12 bits per heavy atom. The van der Waals surface area contributed by atoms with Crippen LogP contribution in [0, 0.1) is 11.7 Å². The molecule has 0 aromatic heterocycles. The minimum atomic E-state index is -0.349. The monoisotopic (exact) mass is 422 g/mol. The number of amides is 2. The molecule has 1 aromatic carbocycles. The van der Waals surface area contributed by atoms with Crippen LogP contribution in [0.1, 0.15) is 37.7 Å². The Morgan fingerprint density at radius 1 is 1.38 bits per heavy atom. The van der Waals surface area contributed by atoms with Gasteiger partial charge in [-0.25, -0.2) is 4.39 Å². The van der Waals surface area contributed by atoms with E-state index in [1.807, 2.05) is 4.90 Å². The molecule has 0 bridgehead atoms. The van der Waals surface area contributed by atoms with Gasteiger partial charge in [0.05, 0.1) is 5.92 Å². The molecule has 140 valence electrons. The fourth-order valence-corrected chi connectivity index (χ4v) is 4.39. The van der Waals surface area contributed by atoms with E-state index in [0.717, 1.165) is 30.2 Å². The van der Waals surface area contributed by atoms with Gasteiger partial charge in [0, 0.05) is 42.1 Å². The molecule has 2 aliphatic rings. The lowest BCUT2D eigenvalue weighted by molar-refractivity contribution is -0.136. The summed E-state index contributed by atoms with van der Waals surface area (Å²) in [4.78, 5) is 28.9. The van der Waals surface area contributed by atoms with Gasteiger partial charge in [0.2, 0.25) is 11.8 Å². The maximum Gasteiger partial charge on any atom is 0.228 e. The molecule has 2 amide bonds. The van der Waals surface area contributed by atoms with Crippen LogP contribution in [0.15, 0.2) is 35.3 Å². The first-order valence-electron chi connectivity index (χ1n) is 9.12. The van der Waals surface area contributed by atoms with Gasteiger partial charge in [-0.2, -0.15) is 0 Å². The zero-order valence-corrected chi connectivity index (χ0v) is 16.4. The van der Waals surface area contributed by atoms with E-state index in [2.05, 4.69) is 22.5 Å². The van der Waals surface area contributed by atoms with Crippen LogP contribution in [-0.2, 0) is 16.1 Å². The highest BCUT2D eigenvalue weighted by molar-refractivity contribution is 9.10. The van der Waals surface area contributed by atoms with Crippen LogP contribution in [0.25, 0.3) is 0 Å². The summed E-state index contributed by atoms with van der Waals surface area (Å²) in [7, 11) is 0. The maximum absolute atomic E-state index is 14.1. The highest BCUT2D eigenvalue weighted by Crippen LogP contribution is 2.30. The second-order valence-electron chi connectivity index (χ2n) is 7.13. The minimum Gasteiger partial charge on any atom is -0.339 e. The van der Waals surface area contributed by atoms with Gasteiger partial charge in [-0.05, 0) is 31.0 Å². The number of carbonyl (C=O) groups excluding carboxylic acids is 2. The van der Waals surface area contributed by atoms with E-state index in [0.29, 0.717) is 18.7 Å². The average molecular weight is 423 g/mol. The number of carbonyl (C=O) groups is 2. The lowest BCUT2D eigenvalue weighted by Gasteiger charge is -2.26. The van der Waals surface area contributed by atoms with Crippen LogP contribution in [0.4, 0.5) is 4.39 Å². The molecule has 1 unspecified atom stereocenters. The summed E-state index contributed by atoms with van der Waals surface area (Å²) in [6.45, 7) is 4.70. The van der Waals surface area contributed by atoms with Gasteiger partial charge in [-0.1, -0.05) is 34.8 Å². The number of benzene rings is 1. The summed E-state index contributed by atoms with van der Waals surface area (Å²) in [5, 5.41) is 0. The molecule has 1 aliphatic heterocycles. The van der Waals surface area contributed by atoms with Crippen molar-refractivity contribution in [2.45, 2.75) is 44.7 Å². The summed E-state index contributed by atoms with van der Waals surface area (Å²) >= 11 is 3.34. The zero-order valence-electron chi connectivity index (χ0n) is 14.8. The Kier molecular flexibility index (Phi) is 6.12. The molecule has 4 nitrogen and oxygen atoms in total. The third kappa shape index (κ3) is 4.17. The smallest absolute Gasteiger partial charge is 0.228 e. The normalized spacial score (nSPS) is 20.6. The van der Waals surface area contributed by atoms with Crippen molar-refractivity contribution >= 4 is 27.7 Å². The van der Waals surface area contributed by atoms with Crippen molar-refractivity contribution < 1.29 is 14.0 Å². The Hall–Kier alpha value is -1.69. The number of rotatable bonds is 6. The summed E-state index contributed by atoms with van der Waals surface area (Å²) in [5.74, 6) is -0.719. The van der Waals surface area contributed by atoms with Crippen molar-refractivity contribution in [2.24, 2.45) is 5.92 Å². The van der Waals surface area contributed by atoms with E-state index in [-0.39, 0.29) is 42.6 Å². The van der Waals surface area contributed by atoms with E-state index in [1.54, 1.807) is 23.1 Å². The molecular formula is C20H24BrFN2O2. The fraction of sp³-hybridized carbons (Fsp3) is 0.500. The van der Waals surface area contributed by atoms with Gasteiger partial charge in [0.15, 0.2) is 0 Å². The molecule has 1 heterocycles. The van der Waals surface area contributed by atoms with Crippen molar-refractivity contribution in [1.29, 1.82) is 0 Å². The number of likely N-dealkylation sites (tertiary alicyclic amines) is 1. The van der Waals surface area contributed by atoms with Crippen molar-refractivity contribution in [3.8, 4) is 0 Å². The topological polar surface area (TPSA) is 40.6 Å². The molecule has 1 aromatic rings. The van der Waals surface area contributed by atoms with Crippen LogP contribution >= 0.6 is 15.9 Å². The number of hydrogen-bond donors (Lipinski definition) is 0. The van der Waals surface area contributed by atoms with E-state index in [1.165, 1.54) is 6.07 Å². The first kappa shape index (κ1) is 19.1. The van der Waals surface area contributed by atoms with Crippen LogP contribution in [0.3, 0.4) is 0 Å². The van der Waals surface area contributed by atoms with Gasteiger partial charge in [0.1, 0.15) is 5.82 Å². The quantitative estimate of drug-likeness (QED) is 0.652. The van der Waals surface area contributed by atoms with Gasteiger partial charge in [0.25, 0.3) is 0 Å². The number of nitrogens with zero attached hydrogens (tertiary/aromatic N) is 2. The molecule has 0 N–H and O–H groups in total. The van der Waals surface area contributed by atoms with Crippen LogP contribution in [0.5, 0.6) is 0 Å². The van der Waals surface area contributed by atoms with E-state index >= 15 is 0 Å². The third-order valence-electron chi connectivity index (χ3n) is 5.30. The molecule has 1 saturated heterocycles. The maximum atomic E-state index is 14.1. The van der Waals surface area contributed by atoms with Gasteiger partial charge in [-0.15, -0.1) is 6.58 Å². The predicted molar refractivity (Wildman–Crippen MR) is 102 cm³/mol. The Morgan fingerprint density at radius 3 is 2.81 bits per heavy atom. The first-order valence-corrected chi connectivity index (χ1v) is 9.92. The molecule has 0 spiro atoms. The third-order valence-corrected chi connectivity index (χ3v) is 5.80. The Balaban J connectivity index is 1.71. The Labute approximate surface area is 162 Å². The van der Waals surface area contributed by atoms with Crippen molar-refractivity contribution in [2.75, 3.05) is 13.1 Å². The molecule has 26 heavy (non-hydrogen) atoms. The van der Waals surface area contributed by atoms with Crippen LogP contribution in [0.2, 0.25) is 0 Å². The second kappa shape index (κ2) is 8.33. The highest BCUT2D eigenvalue weighted by atomic mass is 79.9. The molecule has 1 aliphatic carbocycles. The van der Waals surface area contributed by atoms with Gasteiger partial charge in [-0.3, -0.25) is 9.59 Å². The Bertz CT molecular complexity index is 703. The number of halogens is 2. The van der Waals surface area contributed by atoms with E-state index in [4.69, 9.17) is 0 Å². The predicted octanol–water partition coefficient (Wildman–Crippen LogP) is 3.89. The largest absolute Gasteiger partial charge is 0.339 e. The average Bonchev–Trinajstić information content (AvgIpc) is 3.26. The molecular weight excluding hydrogens is 399 g/mol. The van der Waals surface area contributed by atoms with Gasteiger partial charge < -0.3 is 9.80 Å². The lowest BCUT2D eigenvalue weighted by atomic mass is 10.1. The standard InChI is InChI=1S/C20H24BrFN2O2/c1-2-9-23(12-14-10-16(21)7-8-18(14)22)20(26)15-11-19(25)24(13-15)17-5-3-4-6-17/h2,7-8,10,15,17H,1,3-6,9,11-13H2. The zero-order chi connectivity index (χ0) is 18.7. The highest BCUT2D eigenvalue weighted by Gasteiger charge is 2.40. The molecule has 1 saturated carbocycles. The molecule has 2 fully saturated rings. The molecule has 6 heteroatoms. The first-order chi connectivity index (χ1) is 12.5. The summed E-state index contributed by atoms with van der Waals surface area (Å²) in [5.41, 5.74) is 0.451. The summed E-state index contributed by atoms with van der Waals surface area (Å²) in [6.07, 6.45) is 6.26. The molecule has 0 radical (unpaired) electrons. The van der Waals surface area contributed by atoms with E-state index < -0.39 is 0 Å². The lowest BCUT2D eigenvalue weighted by Crippen LogP contribution is -2.39. The van der Waals surface area contributed by atoms with Crippen molar-refractivity contribution in [1.82, 2.24) is 9.80 Å². The fourth-order valence-electron chi connectivity index (χ4n) is 3.98. The van der Waals surface area contributed by atoms with Crippen molar-refractivity contribution in [3.05, 3.63) is 46.7 Å². The van der Waals surface area contributed by atoms with Crippen molar-refractivity contribution in [3.63, 3.8) is 0 Å². The summed E-state index contributed by atoms with van der Waals surface area (Å²) in [6, 6.07) is 4.99. The van der Waals surface area contributed by atoms with E-state index in [9.17, 15) is 14.0 Å². The van der Waals surface area contributed by atoms with Crippen LogP contribution in [-0.4, -0.2) is 40.7 Å². The summed E-state index contributed by atoms with van der Waals surface area (Å²) < 4.78 is 14.9. The molecule has 3 rings (SSSR count). The second-order valence-corrected chi connectivity index (χ2v) is 8.04. The van der Waals surface area contributed by atoms with Gasteiger partial charge >= 0.3 is 0 Å². The SMILES string of the molecule is C=CCN(Cc1cc(Br)ccc1F)C(=O)C1CC(=O)N(C2CCCC2)C1.